The van der Waals surface area contributed by atoms with E-state index in [9.17, 15) is 4.79 Å². The van der Waals surface area contributed by atoms with E-state index in [-0.39, 0.29) is 5.43 Å². The van der Waals surface area contributed by atoms with Crippen molar-refractivity contribution in [3.63, 3.8) is 0 Å². The predicted molar refractivity (Wildman–Crippen MR) is 77.7 cm³/mol. The lowest BCUT2D eigenvalue weighted by Crippen LogP contribution is -2.04. The van der Waals surface area contributed by atoms with Gasteiger partial charge in [-0.25, -0.2) is 0 Å². The quantitative estimate of drug-likeness (QED) is 0.655. The van der Waals surface area contributed by atoms with Gasteiger partial charge in [0.2, 0.25) is 0 Å². The van der Waals surface area contributed by atoms with Crippen LogP contribution in [0.25, 0.3) is 22.1 Å². The number of aryl methyl sites for hydroxylation is 1. The Labute approximate surface area is 115 Å². The molecule has 1 aromatic heterocycles. The predicted octanol–water partition coefficient (Wildman–Crippen LogP) is 4.42. The minimum absolute atomic E-state index is 0.0400. The van der Waals surface area contributed by atoms with Crippen LogP contribution >= 0.6 is 11.6 Å². The fourth-order valence-electron chi connectivity index (χ4n) is 2.03. The summed E-state index contributed by atoms with van der Waals surface area (Å²) in [4.78, 5) is 12.4. The minimum Gasteiger partial charge on any atom is -0.463 e. The van der Waals surface area contributed by atoms with Crippen LogP contribution < -0.4 is 5.43 Å². The van der Waals surface area contributed by atoms with E-state index < -0.39 is 0 Å². The molecule has 0 spiro atoms. The van der Waals surface area contributed by atoms with Crippen LogP contribution in [0.5, 0.6) is 0 Å². The topological polar surface area (TPSA) is 30.2 Å². The number of hydrogen-bond donors (Lipinski definition) is 0. The SMILES string of the molecule is Cc1ccc(-c2coc3cc(Cl)ccc3c2=O)cc1. The summed E-state index contributed by atoms with van der Waals surface area (Å²) in [5, 5.41) is 1.10. The highest BCUT2D eigenvalue weighted by Gasteiger charge is 2.09. The number of benzene rings is 2. The fraction of sp³-hybridized carbons (Fsp3) is 0.0625. The molecule has 0 aliphatic carbocycles. The summed E-state index contributed by atoms with van der Waals surface area (Å²) < 4.78 is 5.50. The first-order valence-corrected chi connectivity index (χ1v) is 6.31. The number of fused-ring (bicyclic) bond motifs is 1. The number of rotatable bonds is 1. The zero-order valence-corrected chi connectivity index (χ0v) is 11.1. The van der Waals surface area contributed by atoms with E-state index in [1.54, 1.807) is 18.2 Å². The van der Waals surface area contributed by atoms with Gasteiger partial charge in [0.25, 0.3) is 0 Å². The van der Waals surface area contributed by atoms with E-state index in [0.717, 1.165) is 11.1 Å². The standard InChI is InChI=1S/C16H11ClO2/c1-10-2-4-11(5-3-10)14-9-19-15-8-12(17)6-7-13(15)16(14)18/h2-9H,1H3. The van der Waals surface area contributed by atoms with Gasteiger partial charge in [-0.3, -0.25) is 4.79 Å². The molecule has 2 nitrogen and oxygen atoms in total. The Balaban J connectivity index is 2.26. The molecule has 0 saturated heterocycles. The van der Waals surface area contributed by atoms with Gasteiger partial charge >= 0.3 is 0 Å². The van der Waals surface area contributed by atoms with Gasteiger partial charge in [0.1, 0.15) is 11.8 Å². The first-order valence-electron chi connectivity index (χ1n) is 5.93. The van der Waals surface area contributed by atoms with E-state index in [0.29, 0.717) is 21.6 Å². The van der Waals surface area contributed by atoms with E-state index in [1.165, 1.54) is 6.26 Å². The molecule has 3 heteroatoms. The van der Waals surface area contributed by atoms with Crippen LogP contribution in [0.2, 0.25) is 5.02 Å². The van der Waals surface area contributed by atoms with Gasteiger partial charge in [-0.15, -0.1) is 0 Å². The van der Waals surface area contributed by atoms with Crippen LogP contribution in [0.3, 0.4) is 0 Å². The molecule has 0 aliphatic rings. The zero-order chi connectivity index (χ0) is 13.4. The van der Waals surface area contributed by atoms with E-state index in [4.69, 9.17) is 16.0 Å². The van der Waals surface area contributed by atoms with Crippen molar-refractivity contribution in [2.45, 2.75) is 6.92 Å². The molecule has 0 fully saturated rings. The van der Waals surface area contributed by atoms with Crippen molar-refractivity contribution in [2.75, 3.05) is 0 Å². The average Bonchev–Trinajstić information content (AvgIpc) is 2.40. The molecule has 0 bridgehead atoms. The average molecular weight is 271 g/mol. The summed E-state index contributed by atoms with van der Waals surface area (Å²) in [6, 6.07) is 12.8. The van der Waals surface area contributed by atoms with Crippen LogP contribution in [0.4, 0.5) is 0 Å². The second-order valence-corrected chi connectivity index (χ2v) is 4.92. The summed E-state index contributed by atoms with van der Waals surface area (Å²) in [7, 11) is 0. The van der Waals surface area contributed by atoms with Crippen LogP contribution in [-0.4, -0.2) is 0 Å². The van der Waals surface area contributed by atoms with E-state index in [1.807, 2.05) is 31.2 Å². The maximum atomic E-state index is 12.4. The molecule has 0 unspecified atom stereocenters. The first-order chi connectivity index (χ1) is 9.15. The van der Waals surface area contributed by atoms with Gasteiger partial charge in [-0.05, 0) is 24.6 Å². The Morgan fingerprint density at radius 1 is 1.05 bits per heavy atom. The lowest BCUT2D eigenvalue weighted by molar-refractivity contribution is 0.604. The third-order valence-corrected chi connectivity index (χ3v) is 3.33. The summed E-state index contributed by atoms with van der Waals surface area (Å²) in [5.74, 6) is 0. The number of halogens is 1. The second-order valence-electron chi connectivity index (χ2n) is 4.49. The molecular weight excluding hydrogens is 260 g/mol. The molecule has 0 amide bonds. The molecule has 94 valence electrons. The first kappa shape index (κ1) is 12.0. The Hall–Kier alpha value is -2.06. The lowest BCUT2D eigenvalue weighted by Gasteiger charge is -2.03. The van der Waals surface area contributed by atoms with Crippen molar-refractivity contribution < 1.29 is 4.42 Å². The van der Waals surface area contributed by atoms with Gasteiger partial charge in [-0.2, -0.15) is 0 Å². The van der Waals surface area contributed by atoms with Crippen LogP contribution in [0.1, 0.15) is 5.56 Å². The van der Waals surface area contributed by atoms with Gasteiger partial charge in [-0.1, -0.05) is 41.4 Å². The lowest BCUT2D eigenvalue weighted by atomic mass is 10.0. The highest BCUT2D eigenvalue weighted by atomic mass is 35.5. The molecule has 0 saturated carbocycles. The maximum absolute atomic E-state index is 12.4. The van der Waals surface area contributed by atoms with Crippen LogP contribution in [-0.2, 0) is 0 Å². The van der Waals surface area contributed by atoms with E-state index in [2.05, 4.69) is 0 Å². The highest BCUT2D eigenvalue weighted by molar-refractivity contribution is 6.31. The maximum Gasteiger partial charge on any atom is 0.200 e. The third-order valence-electron chi connectivity index (χ3n) is 3.10. The molecule has 3 rings (SSSR count). The van der Waals surface area contributed by atoms with Crippen molar-refractivity contribution >= 4 is 22.6 Å². The molecule has 2 aromatic carbocycles. The van der Waals surface area contributed by atoms with Crippen LogP contribution in [0.15, 0.2) is 57.9 Å². The Morgan fingerprint density at radius 2 is 1.79 bits per heavy atom. The van der Waals surface area contributed by atoms with E-state index >= 15 is 0 Å². The largest absolute Gasteiger partial charge is 0.463 e. The summed E-state index contributed by atoms with van der Waals surface area (Å²) >= 11 is 5.88. The smallest absolute Gasteiger partial charge is 0.200 e. The monoisotopic (exact) mass is 270 g/mol. The highest BCUT2D eigenvalue weighted by Crippen LogP contribution is 2.22. The van der Waals surface area contributed by atoms with Crippen molar-refractivity contribution in [1.29, 1.82) is 0 Å². The minimum atomic E-state index is -0.0400. The van der Waals surface area contributed by atoms with Crippen molar-refractivity contribution in [3.8, 4) is 11.1 Å². The van der Waals surface area contributed by atoms with Crippen molar-refractivity contribution in [2.24, 2.45) is 0 Å². The number of hydrogen-bond acceptors (Lipinski definition) is 2. The van der Waals surface area contributed by atoms with Gasteiger partial charge in [0.15, 0.2) is 5.43 Å². The molecular formula is C16H11ClO2. The molecule has 0 atom stereocenters. The second kappa shape index (κ2) is 4.56. The fourth-order valence-corrected chi connectivity index (χ4v) is 2.20. The zero-order valence-electron chi connectivity index (χ0n) is 10.3. The normalized spacial score (nSPS) is 10.8. The molecule has 0 radical (unpaired) electrons. The Bertz CT molecular complexity index is 801. The summed E-state index contributed by atoms with van der Waals surface area (Å²) in [5.41, 5.74) is 3.04. The molecule has 0 N–H and O–H groups in total. The molecule has 1 heterocycles. The van der Waals surface area contributed by atoms with Crippen LogP contribution in [0, 0.1) is 6.92 Å². The molecule has 19 heavy (non-hydrogen) atoms. The van der Waals surface area contributed by atoms with Gasteiger partial charge in [0.05, 0.1) is 10.9 Å². The molecule has 3 aromatic rings. The summed E-state index contributed by atoms with van der Waals surface area (Å²) in [6.07, 6.45) is 1.49. The van der Waals surface area contributed by atoms with Crippen molar-refractivity contribution in [3.05, 3.63) is 69.5 Å². The Morgan fingerprint density at radius 3 is 2.53 bits per heavy atom. The summed E-state index contributed by atoms with van der Waals surface area (Å²) in [6.45, 7) is 2.01. The third kappa shape index (κ3) is 2.15. The van der Waals surface area contributed by atoms with Crippen molar-refractivity contribution in [1.82, 2.24) is 0 Å². The van der Waals surface area contributed by atoms with Gasteiger partial charge in [0, 0.05) is 11.1 Å². The van der Waals surface area contributed by atoms with Gasteiger partial charge < -0.3 is 4.42 Å². The molecule has 0 aliphatic heterocycles. The Kier molecular flexibility index (Phi) is 2.88.